The Morgan fingerprint density at radius 3 is 2.46 bits per heavy atom. The van der Waals surface area contributed by atoms with E-state index in [0.717, 1.165) is 31.8 Å². The maximum absolute atomic E-state index is 12.1. The molecule has 0 saturated carbocycles. The molecule has 1 saturated heterocycles. The fourth-order valence-electron chi connectivity index (χ4n) is 3.31. The highest BCUT2D eigenvalue weighted by Crippen LogP contribution is 2.30. The maximum atomic E-state index is 12.1. The first-order valence-electron chi connectivity index (χ1n) is 8.41. The molecule has 1 aliphatic rings. The van der Waals surface area contributed by atoms with Crippen LogP contribution >= 0.6 is 11.8 Å². The Kier molecular flexibility index (Phi) is 4.19. The van der Waals surface area contributed by atoms with Gasteiger partial charge in [-0.2, -0.15) is 0 Å². The van der Waals surface area contributed by atoms with E-state index in [4.69, 9.17) is 0 Å². The number of imidazole rings is 1. The molecule has 4 heterocycles. The summed E-state index contributed by atoms with van der Waals surface area (Å²) in [5, 5.41) is 13.3. The highest BCUT2D eigenvalue weighted by molar-refractivity contribution is 7.99. The third-order valence-corrected chi connectivity index (χ3v) is 5.93. The van der Waals surface area contributed by atoms with Gasteiger partial charge in [0.25, 0.3) is 5.56 Å². The number of hydrogen-bond donors (Lipinski definition) is 2. The molecule has 0 aliphatic carbocycles. The van der Waals surface area contributed by atoms with Crippen LogP contribution < -0.4 is 16.6 Å². The van der Waals surface area contributed by atoms with E-state index in [0.29, 0.717) is 27.4 Å². The van der Waals surface area contributed by atoms with E-state index >= 15 is 0 Å². The van der Waals surface area contributed by atoms with Gasteiger partial charge in [-0.3, -0.25) is 14.3 Å². The lowest BCUT2D eigenvalue weighted by atomic mass is 9.97. The lowest BCUT2D eigenvalue weighted by molar-refractivity contribution is 0.434. The van der Waals surface area contributed by atoms with Gasteiger partial charge in [0, 0.05) is 27.1 Å². The lowest BCUT2D eigenvalue weighted by Gasteiger charge is -2.21. The van der Waals surface area contributed by atoms with Gasteiger partial charge in [-0.1, -0.05) is 0 Å². The van der Waals surface area contributed by atoms with E-state index in [-0.39, 0.29) is 0 Å². The second-order valence-corrected chi connectivity index (χ2v) is 7.40. The number of rotatable bonds is 3. The Labute approximate surface area is 152 Å². The highest BCUT2D eigenvalue weighted by Gasteiger charge is 2.23. The average Bonchev–Trinajstić information content (AvgIpc) is 3.15. The van der Waals surface area contributed by atoms with Crippen LogP contribution in [0, 0.1) is 0 Å². The van der Waals surface area contributed by atoms with Crippen LogP contribution in [0.3, 0.4) is 0 Å². The van der Waals surface area contributed by atoms with Gasteiger partial charge in [0.05, 0.1) is 0 Å². The van der Waals surface area contributed by atoms with Crippen LogP contribution in [0.4, 0.5) is 0 Å². The summed E-state index contributed by atoms with van der Waals surface area (Å²) < 4.78 is 5.00. The van der Waals surface area contributed by atoms with E-state index in [1.54, 1.807) is 18.7 Å². The first-order chi connectivity index (χ1) is 12.5. The molecule has 3 aromatic heterocycles. The Balaban J connectivity index is 1.72. The summed E-state index contributed by atoms with van der Waals surface area (Å²) in [6.07, 6.45) is 2.08. The number of nitrogens with one attached hydrogen (secondary N) is 2. The molecule has 0 atom stereocenters. The number of aromatic amines is 1. The third-order valence-electron chi connectivity index (χ3n) is 4.85. The van der Waals surface area contributed by atoms with Crippen molar-refractivity contribution >= 4 is 22.9 Å². The van der Waals surface area contributed by atoms with Crippen LogP contribution in [0.5, 0.6) is 0 Å². The highest BCUT2D eigenvalue weighted by atomic mass is 32.2. The van der Waals surface area contributed by atoms with Gasteiger partial charge >= 0.3 is 5.69 Å². The van der Waals surface area contributed by atoms with Crippen molar-refractivity contribution in [1.29, 1.82) is 0 Å². The minimum atomic E-state index is -0.482. The largest absolute Gasteiger partial charge is 0.329 e. The molecule has 1 aliphatic heterocycles. The zero-order chi connectivity index (χ0) is 18.4. The number of aromatic nitrogens is 7. The van der Waals surface area contributed by atoms with Crippen LogP contribution in [0.2, 0.25) is 0 Å². The van der Waals surface area contributed by atoms with Crippen molar-refractivity contribution < 1.29 is 0 Å². The summed E-state index contributed by atoms with van der Waals surface area (Å²) in [5.74, 6) is 1.37. The molecule has 2 N–H and O–H groups in total. The summed E-state index contributed by atoms with van der Waals surface area (Å²) >= 11 is 1.33. The number of aryl methyl sites for hydroxylation is 2. The number of H-pyrrole nitrogens is 1. The maximum Gasteiger partial charge on any atom is 0.329 e. The van der Waals surface area contributed by atoms with Gasteiger partial charge in [0.1, 0.15) is 5.82 Å². The quantitative estimate of drug-likeness (QED) is 0.645. The van der Waals surface area contributed by atoms with Gasteiger partial charge in [-0.05, 0) is 37.7 Å². The molecule has 0 unspecified atom stereocenters. The number of fused-ring (bicyclic) bond motifs is 1. The summed E-state index contributed by atoms with van der Waals surface area (Å²) in [7, 11) is 5.28. The molecule has 0 spiro atoms. The first kappa shape index (κ1) is 17.0. The molecule has 26 heavy (non-hydrogen) atoms. The third kappa shape index (κ3) is 2.67. The molecular weight excluding hydrogens is 356 g/mol. The number of nitrogens with zero attached hydrogens (tertiary/aromatic N) is 6. The standard InChI is InChI=1S/C15H20N8O2S/c1-21-9-11(22(2)13(25)18-12(9)24)17-14(21)26-15-20-19-10(23(15)3)8-4-6-16-7-5-8/h8,16H,4-7H2,1-3H3,(H,18,24,25). The monoisotopic (exact) mass is 376 g/mol. The molecule has 0 bridgehead atoms. The second kappa shape index (κ2) is 6.40. The molecule has 4 rings (SSSR count). The topological polar surface area (TPSA) is 115 Å². The van der Waals surface area contributed by atoms with E-state index in [1.165, 1.54) is 16.3 Å². The SMILES string of the molecule is Cn1c(Sc2nc3c(c(=O)[nH]c(=O)n3C)n2C)nnc1C1CCNCC1. The van der Waals surface area contributed by atoms with Gasteiger partial charge < -0.3 is 14.5 Å². The van der Waals surface area contributed by atoms with Gasteiger partial charge in [-0.25, -0.2) is 9.78 Å². The first-order valence-corrected chi connectivity index (χ1v) is 9.22. The van der Waals surface area contributed by atoms with Crippen molar-refractivity contribution in [1.82, 2.24) is 39.2 Å². The summed E-state index contributed by atoms with van der Waals surface area (Å²) in [6.45, 7) is 1.98. The molecule has 11 heteroatoms. The zero-order valence-corrected chi connectivity index (χ0v) is 15.6. The molecule has 0 radical (unpaired) electrons. The summed E-state index contributed by atoms with van der Waals surface area (Å²) in [4.78, 5) is 30.7. The minimum Gasteiger partial charge on any atom is -0.317 e. The van der Waals surface area contributed by atoms with E-state index < -0.39 is 11.2 Å². The van der Waals surface area contributed by atoms with Crippen molar-refractivity contribution in [3.05, 3.63) is 26.7 Å². The average molecular weight is 376 g/mol. The van der Waals surface area contributed by atoms with Crippen molar-refractivity contribution in [3.8, 4) is 0 Å². The van der Waals surface area contributed by atoms with Crippen LogP contribution in [-0.2, 0) is 21.1 Å². The summed E-state index contributed by atoms with van der Waals surface area (Å²) in [5.41, 5.74) is -0.220. The van der Waals surface area contributed by atoms with Gasteiger partial charge in [0.2, 0.25) is 0 Å². The predicted molar refractivity (Wildman–Crippen MR) is 96.5 cm³/mol. The predicted octanol–water partition coefficient (Wildman–Crippen LogP) is -0.293. The van der Waals surface area contributed by atoms with Crippen LogP contribution in [0.1, 0.15) is 24.6 Å². The van der Waals surface area contributed by atoms with Crippen molar-refractivity contribution in [3.63, 3.8) is 0 Å². The molecular formula is C15H20N8O2S. The van der Waals surface area contributed by atoms with Crippen molar-refractivity contribution in [2.45, 2.75) is 29.1 Å². The smallest absolute Gasteiger partial charge is 0.317 e. The normalized spacial score (nSPS) is 15.8. The molecule has 1 fully saturated rings. The zero-order valence-electron chi connectivity index (χ0n) is 14.8. The molecule has 138 valence electrons. The molecule has 10 nitrogen and oxygen atoms in total. The van der Waals surface area contributed by atoms with Crippen LogP contribution in [0.15, 0.2) is 19.9 Å². The minimum absolute atomic E-state index is 0.351. The number of piperidine rings is 1. The van der Waals surface area contributed by atoms with E-state index in [1.807, 2.05) is 11.6 Å². The Morgan fingerprint density at radius 2 is 1.73 bits per heavy atom. The number of hydrogen-bond acceptors (Lipinski definition) is 7. The molecule has 0 amide bonds. The van der Waals surface area contributed by atoms with Crippen molar-refractivity contribution in [2.75, 3.05) is 13.1 Å². The second-order valence-electron chi connectivity index (χ2n) is 6.47. The Morgan fingerprint density at radius 1 is 1.00 bits per heavy atom. The van der Waals surface area contributed by atoms with E-state index in [9.17, 15) is 9.59 Å². The fourth-order valence-corrected chi connectivity index (χ4v) is 4.15. The van der Waals surface area contributed by atoms with E-state index in [2.05, 4.69) is 25.5 Å². The molecule has 0 aromatic carbocycles. The van der Waals surface area contributed by atoms with Crippen LogP contribution in [0.25, 0.3) is 11.2 Å². The summed E-state index contributed by atoms with van der Waals surface area (Å²) in [6, 6.07) is 0. The fraction of sp³-hybridized carbons (Fsp3) is 0.533. The Hall–Kier alpha value is -2.40. The van der Waals surface area contributed by atoms with Gasteiger partial charge in [0.15, 0.2) is 21.5 Å². The van der Waals surface area contributed by atoms with Crippen molar-refractivity contribution in [2.24, 2.45) is 21.1 Å². The lowest BCUT2D eigenvalue weighted by Crippen LogP contribution is -2.29. The Bertz CT molecular complexity index is 1090. The molecule has 3 aromatic rings. The van der Waals surface area contributed by atoms with Gasteiger partial charge in [-0.15, -0.1) is 10.2 Å². The van der Waals surface area contributed by atoms with Crippen LogP contribution in [-0.4, -0.2) is 47.0 Å².